The highest BCUT2D eigenvalue weighted by Gasteiger charge is 2.07. The van der Waals surface area contributed by atoms with Gasteiger partial charge in [-0.05, 0) is 24.1 Å². The minimum atomic E-state index is -4.04. The first kappa shape index (κ1) is 9.22. The third-order valence-electron chi connectivity index (χ3n) is 1.51. The summed E-state index contributed by atoms with van der Waals surface area (Å²) in [6.07, 6.45) is 1.84. The zero-order valence-corrected chi connectivity index (χ0v) is 7.38. The van der Waals surface area contributed by atoms with Crippen LogP contribution < -0.4 is 0 Å². The highest BCUT2D eigenvalue weighted by molar-refractivity contribution is 7.85. The molecule has 0 heterocycles. The lowest BCUT2D eigenvalue weighted by Crippen LogP contribution is -1.97. The Balaban J connectivity index is 3.09. The smallest absolute Gasteiger partial charge is 0.282 e. The lowest BCUT2D eigenvalue weighted by molar-refractivity contribution is 0.483. The van der Waals surface area contributed by atoms with Crippen LogP contribution in [0.1, 0.15) is 12.5 Å². The van der Waals surface area contributed by atoms with Crippen LogP contribution in [0.4, 0.5) is 0 Å². The van der Waals surface area contributed by atoms with Gasteiger partial charge >= 0.3 is 0 Å². The van der Waals surface area contributed by atoms with Gasteiger partial charge < -0.3 is 0 Å². The molecule has 0 bridgehead atoms. The Kier molecular flexibility index (Phi) is 2.49. The third kappa shape index (κ3) is 2.06. The Morgan fingerprint density at radius 1 is 1.25 bits per heavy atom. The Morgan fingerprint density at radius 2 is 1.75 bits per heavy atom. The molecule has 0 spiro atoms. The van der Waals surface area contributed by atoms with Crippen LogP contribution in [0.15, 0.2) is 29.2 Å². The first-order chi connectivity index (χ1) is 5.54. The molecule has 3 nitrogen and oxygen atoms in total. The fourth-order valence-corrected chi connectivity index (χ4v) is 1.31. The topological polar surface area (TPSA) is 54.4 Å². The zero-order chi connectivity index (χ0) is 9.19. The fourth-order valence-electron chi connectivity index (χ4n) is 0.832. The summed E-state index contributed by atoms with van der Waals surface area (Å²) in [5.74, 6) is 0. The molecule has 1 rings (SSSR count). The second-order valence-electron chi connectivity index (χ2n) is 2.33. The van der Waals surface area contributed by atoms with Crippen LogP contribution in [0.2, 0.25) is 0 Å². The van der Waals surface area contributed by atoms with Crippen molar-refractivity contribution in [3.8, 4) is 0 Å². The molecular weight excluding hydrogens is 176 g/mol. The van der Waals surface area contributed by atoms with Gasteiger partial charge in [0.05, 0.1) is 4.90 Å². The van der Waals surface area contributed by atoms with Crippen molar-refractivity contribution in [1.82, 2.24) is 0 Å². The molecule has 0 aliphatic heterocycles. The maximum absolute atomic E-state index is 10.6. The van der Waals surface area contributed by atoms with Gasteiger partial charge in [0.2, 0.25) is 0 Å². The van der Waals surface area contributed by atoms with Gasteiger partial charge in [0.15, 0.2) is 0 Å². The van der Waals surface area contributed by atoms with Crippen LogP contribution in [0.5, 0.6) is 0 Å². The van der Waals surface area contributed by atoms with E-state index >= 15 is 0 Å². The minimum absolute atomic E-state index is 0.0758. The van der Waals surface area contributed by atoms with Gasteiger partial charge in [0.25, 0.3) is 10.1 Å². The summed E-state index contributed by atoms with van der Waals surface area (Å²) in [7, 11) is -4.04. The van der Waals surface area contributed by atoms with E-state index < -0.39 is 10.1 Å². The number of rotatable bonds is 2. The molecule has 1 aromatic rings. The predicted molar refractivity (Wildman–Crippen MR) is 45.3 cm³/mol. The summed E-state index contributed by atoms with van der Waals surface area (Å²) in [5, 5.41) is 0. The highest BCUT2D eigenvalue weighted by atomic mass is 32.2. The van der Waals surface area contributed by atoms with Crippen molar-refractivity contribution in [2.75, 3.05) is 0 Å². The summed E-state index contributed by atoms with van der Waals surface area (Å²) in [4.78, 5) is -0.0758. The van der Waals surface area contributed by atoms with E-state index in [0.29, 0.717) is 0 Å². The predicted octanol–water partition coefficient (Wildman–Crippen LogP) is 1.51. The van der Waals surface area contributed by atoms with Crippen LogP contribution in [0, 0.1) is 6.42 Å². The van der Waals surface area contributed by atoms with Crippen LogP contribution >= 0.6 is 0 Å². The number of hydrogen-bond acceptors (Lipinski definition) is 2. The Hall–Kier alpha value is -0.870. The second-order valence-corrected chi connectivity index (χ2v) is 3.75. The average Bonchev–Trinajstić information content (AvgIpc) is 2.03. The molecule has 4 heteroatoms. The van der Waals surface area contributed by atoms with Crippen molar-refractivity contribution in [2.45, 2.75) is 11.8 Å². The molecule has 65 valence electrons. The summed E-state index contributed by atoms with van der Waals surface area (Å²) >= 11 is 0. The molecule has 1 radical (unpaired) electrons. The molecule has 0 saturated carbocycles. The van der Waals surface area contributed by atoms with Gasteiger partial charge in [-0.15, -0.1) is 0 Å². The van der Waals surface area contributed by atoms with Gasteiger partial charge in [-0.3, -0.25) is 4.55 Å². The molecule has 0 aliphatic carbocycles. The van der Waals surface area contributed by atoms with Crippen molar-refractivity contribution >= 4 is 10.1 Å². The lowest BCUT2D eigenvalue weighted by atomic mass is 10.2. The van der Waals surface area contributed by atoms with E-state index in [-0.39, 0.29) is 4.90 Å². The Bertz CT molecular complexity index is 350. The van der Waals surface area contributed by atoms with E-state index in [4.69, 9.17) is 4.55 Å². The van der Waals surface area contributed by atoms with E-state index in [9.17, 15) is 8.42 Å². The normalized spacial score (nSPS) is 11.5. The van der Waals surface area contributed by atoms with E-state index in [0.717, 1.165) is 5.56 Å². The molecule has 0 fully saturated rings. The van der Waals surface area contributed by atoms with Gasteiger partial charge in [0, 0.05) is 0 Å². The van der Waals surface area contributed by atoms with Crippen molar-refractivity contribution in [1.29, 1.82) is 0 Å². The summed E-state index contributed by atoms with van der Waals surface area (Å²) in [5.41, 5.74) is 0.919. The van der Waals surface area contributed by atoms with E-state index in [1.54, 1.807) is 12.1 Å². The Morgan fingerprint density at radius 3 is 2.08 bits per heavy atom. The zero-order valence-electron chi connectivity index (χ0n) is 6.56. The minimum Gasteiger partial charge on any atom is -0.282 e. The van der Waals surface area contributed by atoms with Crippen molar-refractivity contribution in [3.63, 3.8) is 0 Å². The van der Waals surface area contributed by atoms with E-state index in [2.05, 4.69) is 0 Å². The van der Waals surface area contributed by atoms with E-state index in [1.165, 1.54) is 12.1 Å². The SMILES string of the molecule is C[CH]c1ccc(S(=O)(=O)O)cc1. The first-order valence-corrected chi connectivity index (χ1v) is 4.85. The van der Waals surface area contributed by atoms with Crippen molar-refractivity contribution in [2.24, 2.45) is 0 Å². The molecule has 1 aromatic carbocycles. The number of benzene rings is 1. The number of hydrogen-bond donors (Lipinski definition) is 1. The molecule has 0 saturated heterocycles. The molecule has 0 aliphatic rings. The Labute approximate surface area is 71.8 Å². The quantitative estimate of drug-likeness (QED) is 0.710. The van der Waals surface area contributed by atoms with Gasteiger partial charge in [0.1, 0.15) is 0 Å². The lowest BCUT2D eigenvalue weighted by Gasteiger charge is -1.97. The monoisotopic (exact) mass is 185 g/mol. The van der Waals surface area contributed by atoms with Crippen LogP contribution in [0.3, 0.4) is 0 Å². The summed E-state index contributed by atoms with van der Waals surface area (Å²) < 4.78 is 29.8. The van der Waals surface area contributed by atoms with Crippen LogP contribution in [-0.2, 0) is 10.1 Å². The van der Waals surface area contributed by atoms with Crippen LogP contribution in [0.25, 0.3) is 0 Å². The summed E-state index contributed by atoms with van der Waals surface area (Å²) in [6.45, 7) is 1.85. The molecule has 0 aromatic heterocycles. The van der Waals surface area contributed by atoms with Gasteiger partial charge in [-0.1, -0.05) is 19.1 Å². The first-order valence-electron chi connectivity index (χ1n) is 3.41. The fraction of sp³-hybridized carbons (Fsp3) is 0.125. The molecule has 0 amide bonds. The van der Waals surface area contributed by atoms with Crippen LogP contribution in [-0.4, -0.2) is 13.0 Å². The van der Waals surface area contributed by atoms with Gasteiger partial charge in [-0.25, -0.2) is 0 Å². The van der Waals surface area contributed by atoms with Crippen molar-refractivity contribution < 1.29 is 13.0 Å². The average molecular weight is 185 g/mol. The van der Waals surface area contributed by atoms with E-state index in [1.807, 2.05) is 13.3 Å². The summed E-state index contributed by atoms with van der Waals surface area (Å²) in [6, 6.07) is 5.99. The molecular formula is C8H9O3S. The molecule has 12 heavy (non-hydrogen) atoms. The van der Waals surface area contributed by atoms with Crippen molar-refractivity contribution in [3.05, 3.63) is 36.2 Å². The molecule has 0 unspecified atom stereocenters. The maximum Gasteiger partial charge on any atom is 0.294 e. The highest BCUT2D eigenvalue weighted by Crippen LogP contribution is 2.10. The third-order valence-corrected chi connectivity index (χ3v) is 2.38. The van der Waals surface area contributed by atoms with Gasteiger partial charge in [-0.2, -0.15) is 8.42 Å². The molecule has 1 N–H and O–H groups in total. The largest absolute Gasteiger partial charge is 0.294 e. The maximum atomic E-state index is 10.6. The second kappa shape index (κ2) is 3.25. The molecule has 0 atom stereocenters. The standard InChI is InChI=1S/C8H9O3S/c1-2-7-3-5-8(6-4-7)12(9,10)11/h2-6H,1H3,(H,9,10,11).